The maximum atomic E-state index is 13.5. The minimum Gasteiger partial charge on any atom is -0.313 e. The second kappa shape index (κ2) is 6.86. The third-order valence-electron chi connectivity index (χ3n) is 3.26. The van der Waals surface area contributed by atoms with Crippen LogP contribution in [0.1, 0.15) is 24.1 Å². The van der Waals surface area contributed by atoms with Gasteiger partial charge in [-0.2, -0.15) is 0 Å². The highest BCUT2D eigenvalue weighted by molar-refractivity contribution is 7.98. The fourth-order valence-electron chi connectivity index (χ4n) is 1.85. The lowest BCUT2D eigenvalue weighted by atomic mass is 10.1. The van der Waals surface area contributed by atoms with E-state index < -0.39 is 11.6 Å². The second-order valence-electron chi connectivity index (χ2n) is 4.57. The Hall–Kier alpha value is -1.39. The monoisotopic (exact) mass is 293 g/mol. The Balaban J connectivity index is 2.04. The quantitative estimate of drug-likeness (QED) is 0.812. The molecule has 0 radical (unpaired) electrons. The van der Waals surface area contributed by atoms with Gasteiger partial charge < -0.3 is 5.32 Å². The number of halogens is 2. The van der Waals surface area contributed by atoms with Gasteiger partial charge in [-0.3, -0.25) is 0 Å². The first-order chi connectivity index (χ1) is 9.61. The van der Waals surface area contributed by atoms with Crippen LogP contribution in [0.5, 0.6) is 0 Å². The number of hydrogen-bond acceptors (Lipinski definition) is 2. The fraction of sp³-hybridized carbons (Fsp3) is 0.250. The van der Waals surface area contributed by atoms with Crippen LogP contribution >= 0.6 is 11.8 Å². The minimum absolute atomic E-state index is 0.130. The van der Waals surface area contributed by atoms with E-state index in [1.54, 1.807) is 0 Å². The lowest BCUT2D eigenvalue weighted by Gasteiger charge is -2.11. The summed E-state index contributed by atoms with van der Waals surface area (Å²) in [6.45, 7) is 2.08. The average molecular weight is 293 g/mol. The van der Waals surface area contributed by atoms with Crippen LogP contribution in [0.15, 0.2) is 47.4 Å². The van der Waals surface area contributed by atoms with Crippen LogP contribution < -0.4 is 5.32 Å². The van der Waals surface area contributed by atoms with Crippen LogP contribution in [-0.2, 0) is 5.75 Å². The largest absolute Gasteiger partial charge is 0.313 e. The molecule has 0 saturated carbocycles. The summed E-state index contributed by atoms with van der Waals surface area (Å²) < 4.78 is 27.0. The molecule has 20 heavy (non-hydrogen) atoms. The van der Waals surface area contributed by atoms with Crippen LogP contribution in [0.2, 0.25) is 0 Å². The van der Waals surface area contributed by atoms with Crippen LogP contribution in [-0.4, -0.2) is 7.05 Å². The average Bonchev–Trinajstić information content (AvgIpc) is 2.46. The van der Waals surface area contributed by atoms with Crippen molar-refractivity contribution in [3.8, 4) is 0 Å². The first-order valence-electron chi connectivity index (χ1n) is 6.44. The Morgan fingerprint density at radius 2 is 1.65 bits per heavy atom. The van der Waals surface area contributed by atoms with Gasteiger partial charge in [0.05, 0.1) is 0 Å². The predicted molar refractivity (Wildman–Crippen MR) is 79.8 cm³/mol. The van der Waals surface area contributed by atoms with E-state index in [2.05, 4.69) is 12.2 Å². The summed E-state index contributed by atoms with van der Waals surface area (Å²) in [6, 6.07) is 12.3. The lowest BCUT2D eigenvalue weighted by molar-refractivity contribution is 0.566. The Bertz CT molecular complexity index is 549. The van der Waals surface area contributed by atoms with Crippen LogP contribution in [0.3, 0.4) is 0 Å². The molecule has 1 atom stereocenters. The van der Waals surface area contributed by atoms with Crippen LogP contribution in [0.25, 0.3) is 0 Å². The smallest absolute Gasteiger partial charge is 0.130 e. The highest BCUT2D eigenvalue weighted by Crippen LogP contribution is 2.26. The maximum Gasteiger partial charge on any atom is 0.130 e. The summed E-state index contributed by atoms with van der Waals surface area (Å²) in [6.07, 6.45) is 0. The zero-order valence-corrected chi connectivity index (χ0v) is 12.3. The Kier molecular flexibility index (Phi) is 5.15. The van der Waals surface area contributed by atoms with E-state index >= 15 is 0 Å². The number of benzene rings is 2. The van der Waals surface area contributed by atoms with E-state index in [1.165, 1.54) is 35.5 Å². The fourth-order valence-corrected chi connectivity index (χ4v) is 2.76. The molecule has 0 aliphatic rings. The number of rotatable bonds is 5. The molecule has 0 saturated heterocycles. The molecule has 0 amide bonds. The van der Waals surface area contributed by atoms with Crippen molar-refractivity contribution < 1.29 is 8.78 Å². The Labute approximate surface area is 122 Å². The zero-order chi connectivity index (χ0) is 14.5. The molecule has 0 spiro atoms. The van der Waals surface area contributed by atoms with Crippen molar-refractivity contribution in [3.05, 3.63) is 65.2 Å². The number of hydrogen-bond donors (Lipinski definition) is 1. The van der Waals surface area contributed by atoms with Gasteiger partial charge in [0.15, 0.2) is 0 Å². The van der Waals surface area contributed by atoms with Gasteiger partial charge in [0.25, 0.3) is 0 Å². The SMILES string of the molecule is CNC(C)c1ccc(SCc2c(F)cccc2F)cc1. The van der Waals surface area contributed by atoms with Gasteiger partial charge in [0, 0.05) is 22.3 Å². The van der Waals surface area contributed by atoms with Gasteiger partial charge in [-0.25, -0.2) is 8.78 Å². The number of thioether (sulfide) groups is 1. The van der Waals surface area contributed by atoms with Gasteiger partial charge in [0.2, 0.25) is 0 Å². The Morgan fingerprint density at radius 3 is 2.20 bits per heavy atom. The molecule has 0 aromatic heterocycles. The molecule has 1 N–H and O–H groups in total. The van der Waals surface area contributed by atoms with Gasteiger partial charge in [0.1, 0.15) is 11.6 Å². The third kappa shape index (κ3) is 3.58. The van der Waals surface area contributed by atoms with Crippen molar-refractivity contribution in [1.82, 2.24) is 5.32 Å². The molecule has 2 aromatic rings. The molecule has 0 heterocycles. The molecule has 0 aliphatic carbocycles. The molecular formula is C16H17F2NS. The highest BCUT2D eigenvalue weighted by Gasteiger charge is 2.09. The topological polar surface area (TPSA) is 12.0 Å². The third-order valence-corrected chi connectivity index (χ3v) is 4.30. The summed E-state index contributed by atoms with van der Waals surface area (Å²) >= 11 is 1.43. The lowest BCUT2D eigenvalue weighted by Crippen LogP contribution is -2.11. The molecule has 2 aromatic carbocycles. The summed E-state index contributed by atoms with van der Waals surface area (Å²) in [5.41, 5.74) is 1.32. The summed E-state index contributed by atoms with van der Waals surface area (Å²) in [4.78, 5) is 1.000. The molecule has 1 nitrogen and oxygen atoms in total. The van der Waals surface area contributed by atoms with E-state index in [-0.39, 0.29) is 11.6 Å². The summed E-state index contributed by atoms with van der Waals surface area (Å²) in [5, 5.41) is 3.17. The summed E-state index contributed by atoms with van der Waals surface area (Å²) in [7, 11) is 1.91. The molecule has 0 bridgehead atoms. The van der Waals surface area contributed by atoms with Crippen molar-refractivity contribution >= 4 is 11.8 Å². The van der Waals surface area contributed by atoms with Crippen molar-refractivity contribution in [2.75, 3.05) is 7.05 Å². The molecule has 0 fully saturated rings. The van der Waals surface area contributed by atoms with Gasteiger partial charge in [-0.1, -0.05) is 18.2 Å². The van der Waals surface area contributed by atoms with E-state index in [0.29, 0.717) is 5.75 Å². The van der Waals surface area contributed by atoms with Gasteiger partial charge in [-0.15, -0.1) is 11.8 Å². The van der Waals surface area contributed by atoms with E-state index in [4.69, 9.17) is 0 Å². The van der Waals surface area contributed by atoms with E-state index in [0.717, 1.165) is 4.90 Å². The highest BCUT2D eigenvalue weighted by atomic mass is 32.2. The first-order valence-corrected chi connectivity index (χ1v) is 7.43. The first kappa shape index (κ1) is 15.0. The minimum atomic E-state index is -0.488. The molecule has 0 aliphatic heterocycles. The standard InChI is InChI=1S/C16H17F2NS/c1-11(19-2)12-6-8-13(9-7-12)20-10-14-15(17)4-3-5-16(14)18/h3-9,11,19H,10H2,1-2H3. The van der Waals surface area contributed by atoms with Crippen molar-refractivity contribution in [2.24, 2.45) is 0 Å². The predicted octanol–water partition coefficient (Wildman–Crippen LogP) is 4.54. The summed E-state index contributed by atoms with van der Waals surface area (Å²) in [5.74, 6) is -0.685. The molecule has 106 valence electrons. The zero-order valence-electron chi connectivity index (χ0n) is 11.5. The normalized spacial score (nSPS) is 12.4. The number of nitrogens with one attached hydrogen (secondary N) is 1. The molecule has 1 unspecified atom stereocenters. The van der Waals surface area contributed by atoms with Crippen molar-refractivity contribution in [1.29, 1.82) is 0 Å². The maximum absolute atomic E-state index is 13.5. The van der Waals surface area contributed by atoms with E-state index in [9.17, 15) is 8.78 Å². The van der Waals surface area contributed by atoms with Crippen molar-refractivity contribution in [2.45, 2.75) is 23.6 Å². The van der Waals surface area contributed by atoms with Gasteiger partial charge >= 0.3 is 0 Å². The Morgan fingerprint density at radius 1 is 1.05 bits per heavy atom. The van der Waals surface area contributed by atoms with Crippen LogP contribution in [0.4, 0.5) is 8.78 Å². The molecule has 2 rings (SSSR count). The van der Waals surface area contributed by atoms with Gasteiger partial charge in [-0.05, 0) is 43.8 Å². The molecular weight excluding hydrogens is 276 g/mol. The van der Waals surface area contributed by atoms with Crippen molar-refractivity contribution in [3.63, 3.8) is 0 Å². The van der Waals surface area contributed by atoms with E-state index in [1.807, 2.05) is 31.3 Å². The second-order valence-corrected chi connectivity index (χ2v) is 5.62. The van der Waals surface area contributed by atoms with Crippen LogP contribution in [0, 0.1) is 11.6 Å². The molecule has 4 heteroatoms.